The maximum absolute atomic E-state index is 11.9. The zero-order valence-electron chi connectivity index (χ0n) is 10.2. The van der Waals surface area contributed by atoms with Crippen molar-refractivity contribution < 1.29 is 9.90 Å². The van der Waals surface area contributed by atoms with E-state index < -0.39 is 5.60 Å². The Morgan fingerprint density at radius 1 is 1.56 bits per heavy atom. The topological polar surface area (TPSA) is 52.6 Å². The average Bonchev–Trinajstić information content (AvgIpc) is 2.64. The van der Waals surface area contributed by atoms with Crippen LogP contribution in [-0.4, -0.2) is 47.2 Å². The summed E-state index contributed by atoms with van der Waals surface area (Å²) in [6.07, 6.45) is 2.87. The first-order valence-electron chi connectivity index (χ1n) is 6.25. The minimum atomic E-state index is -0.640. The van der Waals surface area contributed by atoms with E-state index in [9.17, 15) is 9.90 Å². The molecule has 2 aliphatic heterocycles. The molecular weight excluding hydrogens is 204 g/mol. The number of β-amino-alcohol motifs (C(OH)–C–C–N with tert-alkyl or cyclic N) is 1. The highest BCUT2D eigenvalue weighted by molar-refractivity contribution is 5.78. The van der Waals surface area contributed by atoms with Gasteiger partial charge in [0, 0.05) is 12.5 Å². The molecular formula is C12H22N2O2. The Labute approximate surface area is 97.0 Å². The lowest BCUT2D eigenvalue weighted by atomic mass is 9.82. The molecule has 0 aromatic carbocycles. The maximum atomic E-state index is 11.9. The Morgan fingerprint density at radius 3 is 2.75 bits per heavy atom. The fourth-order valence-corrected chi connectivity index (χ4v) is 2.43. The highest BCUT2D eigenvalue weighted by atomic mass is 16.3. The van der Waals surface area contributed by atoms with E-state index >= 15 is 0 Å². The SMILES string of the molecule is CC(C)C1(O)CN(C(=O)CC2CCCN2)C1. The number of amides is 1. The fraction of sp³-hybridized carbons (Fsp3) is 0.917. The molecule has 1 unspecified atom stereocenters. The number of nitrogens with zero attached hydrogens (tertiary/aromatic N) is 1. The Bertz CT molecular complexity index is 266. The van der Waals surface area contributed by atoms with Crippen molar-refractivity contribution in [1.29, 1.82) is 0 Å². The van der Waals surface area contributed by atoms with Gasteiger partial charge in [-0.2, -0.15) is 0 Å². The third-order valence-corrected chi connectivity index (χ3v) is 3.94. The second-order valence-electron chi connectivity index (χ2n) is 5.51. The van der Waals surface area contributed by atoms with Crippen LogP contribution in [0, 0.1) is 5.92 Å². The molecule has 0 saturated carbocycles. The third-order valence-electron chi connectivity index (χ3n) is 3.94. The van der Waals surface area contributed by atoms with Crippen molar-refractivity contribution in [3.63, 3.8) is 0 Å². The molecule has 2 fully saturated rings. The van der Waals surface area contributed by atoms with Crippen LogP contribution < -0.4 is 5.32 Å². The Morgan fingerprint density at radius 2 is 2.25 bits per heavy atom. The van der Waals surface area contributed by atoms with Crippen LogP contribution in [0.25, 0.3) is 0 Å². The van der Waals surface area contributed by atoms with Crippen molar-refractivity contribution in [1.82, 2.24) is 10.2 Å². The summed E-state index contributed by atoms with van der Waals surface area (Å²) in [5.74, 6) is 0.408. The Balaban J connectivity index is 1.76. The van der Waals surface area contributed by atoms with E-state index in [-0.39, 0.29) is 11.8 Å². The van der Waals surface area contributed by atoms with Crippen LogP contribution in [0.15, 0.2) is 0 Å². The highest BCUT2D eigenvalue weighted by Crippen LogP contribution is 2.29. The van der Waals surface area contributed by atoms with Crippen molar-refractivity contribution >= 4 is 5.91 Å². The molecule has 16 heavy (non-hydrogen) atoms. The van der Waals surface area contributed by atoms with Crippen LogP contribution in [0.5, 0.6) is 0 Å². The second kappa shape index (κ2) is 4.34. The summed E-state index contributed by atoms with van der Waals surface area (Å²) in [5.41, 5.74) is -0.640. The van der Waals surface area contributed by atoms with E-state index in [1.807, 2.05) is 13.8 Å². The third kappa shape index (κ3) is 2.23. The zero-order valence-corrected chi connectivity index (χ0v) is 10.2. The molecule has 4 heteroatoms. The molecule has 1 atom stereocenters. The van der Waals surface area contributed by atoms with Gasteiger partial charge in [-0.3, -0.25) is 4.79 Å². The number of likely N-dealkylation sites (tertiary alicyclic amines) is 1. The van der Waals surface area contributed by atoms with Crippen LogP contribution in [-0.2, 0) is 4.79 Å². The molecule has 4 nitrogen and oxygen atoms in total. The monoisotopic (exact) mass is 226 g/mol. The number of nitrogens with one attached hydrogen (secondary N) is 1. The van der Waals surface area contributed by atoms with Gasteiger partial charge in [-0.25, -0.2) is 0 Å². The smallest absolute Gasteiger partial charge is 0.224 e. The van der Waals surface area contributed by atoms with Crippen molar-refractivity contribution in [2.24, 2.45) is 5.92 Å². The van der Waals surface area contributed by atoms with Gasteiger partial charge >= 0.3 is 0 Å². The van der Waals surface area contributed by atoms with Gasteiger partial charge in [0.15, 0.2) is 0 Å². The van der Waals surface area contributed by atoms with Gasteiger partial charge in [-0.05, 0) is 25.3 Å². The molecule has 0 aromatic heterocycles. The van der Waals surface area contributed by atoms with Gasteiger partial charge in [0.2, 0.25) is 5.91 Å². The van der Waals surface area contributed by atoms with Gasteiger partial charge in [0.05, 0.1) is 13.1 Å². The van der Waals surface area contributed by atoms with E-state index in [1.54, 1.807) is 4.90 Å². The summed E-state index contributed by atoms with van der Waals surface area (Å²) in [6.45, 7) is 6.06. The van der Waals surface area contributed by atoms with Gasteiger partial charge in [0.25, 0.3) is 0 Å². The highest BCUT2D eigenvalue weighted by Gasteiger charge is 2.45. The first-order valence-corrected chi connectivity index (χ1v) is 6.25. The summed E-state index contributed by atoms with van der Waals surface area (Å²) in [4.78, 5) is 13.6. The van der Waals surface area contributed by atoms with Crippen molar-refractivity contribution in [3.8, 4) is 0 Å². The van der Waals surface area contributed by atoms with Gasteiger partial charge in [0.1, 0.15) is 5.60 Å². The molecule has 2 saturated heterocycles. The van der Waals surface area contributed by atoms with Crippen molar-refractivity contribution in [3.05, 3.63) is 0 Å². The summed E-state index contributed by atoms with van der Waals surface area (Å²) in [7, 11) is 0. The molecule has 0 aliphatic carbocycles. The summed E-state index contributed by atoms with van der Waals surface area (Å²) in [5, 5.41) is 13.4. The second-order valence-corrected chi connectivity index (χ2v) is 5.51. The molecule has 92 valence electrons. The molecule has 0 bridgehead atoms. The fourth-order valence-electron chi connectivity index (χ4n) is 2.43. The largest absolute Gasteiger partial charge is 0.386 e. The molecule has 2 N–H and O–H groups in total. The first-order chi connectivity index (χ1) is 7.51. The van der Waals surface area contributed by atoms with E-state index in [2.05, 4.69) is 5.32 Å². The Hall–Kier alpha value is -0.610. The number of hydrogen-bond acceptors (Lipinski definition) is 3. The lowest BCUT2D eigenvalue weighted by Gasteiger charge is -2.49. The first kappa shape index (κ1) is 11.9. The average molecular weight is 226 g/mol. The molecule has 2 heterocycles. The van der Waals surface area contributed by atoms with Gasteiger partial charge in [-0.15, -0.1) is 0 Å². The predicted molar refractivity (Wildman–Crippen MR) is 62.0 cm³/mol. The van der Waals surface area contributed by atoms with E-state index in [0.29, 0.717) is 25.6 Å². The van der Waals surface area contributed by atoms with E-state index in [4.69, 9.17) is 0 Å². The number of carbonyl (C=O) groups is 1. The van der Waals surface area contributed by atoms with Crippen LogP contribution in [0.3, 0.4) is 0 Å². The lowest BCUT2D eigenvalue weighted by molar-refractivity contribution is -0.164. The molecule has 2 rings (SSSR count). The number of aliphatic hydroxyl groups is 1. The quantitative estimate of drug-likeness (QED) is 0.730. The molecule has 1 amide bonds. The Kier molecular flexibility index (Phi) is 3.22. The van der Waals surface area contributed by atoms with Crippen molar-refractivity contribution in [2.45, 2.75) is 44.8 Å². The minimum Gasteiger partial charge on any atom is -0.386 e. The number of rotatable bonds is 3. The maximum Gasteiger partial charge on any atom is 0.224 e. The van der Waals surface area contributed by atoms with Crippen LogP contribution >= 0.6 is 0 Å². The standard InChI is InChI=1S/C12H22N2O2/c1-9(2)12(16)7-14(8-12)11(15)6-10-4-3-5-13-10/h9-10,13,16H,3-8H2,1-2H3. The van der Waals surface area contributed by atoms with Gasteiger partial charge < -0.3 is 15.3 Å². The van der Waals surface area contributed by atoms with Crippen LogP contribution in [0.1, 0.15) is 33.1 Å². The van der Waals surface area contributed by atoms with Crippen LogP contribution in [0.4, 0.5) is 0 Å². The lowest BCUT2D eigenvalue weighted by Crippen LogP contribution is -2.66. The minimum absolute atomic E-state index is 0.185. The van der Waals surface area contributed by atoms with Crippen molar-refractivity contribution in [2.75, 3.05) is 19.6 Å². The summed E-state index contributed by atoms with van der Waals surface area (Å²) in [6, 6.07) is 0.361. The van der Waals surface area contributed by atoms with Crippen LogP contribution in [0.2, 0.25) is 0 Å². The number of hydrogen-bond donors (Lipinski definition) is 2. The zero-order chi connectivity index (χ0) is 11.8. The summed E-state index contributed by atoms with van der Waals surface area (Å²) >= 11 is 0. The predicted octanol–water partition coefficient (Wildman–Crippen LogP) is 0.358. The van der Waals surface area contributed by atoms with E-state index in [1.165, 1.54) is 6.42 Å². The molecule has 0 spiro atoms. The van der Waals surface area contributed by atoms with Gasteiger partial charge in [-0.1, -0.05) is 13.8 Å². The summed E-state index contributed by atoms with van der Waals surface area (Å²) < 4.78 is 0. The normalized spacial score (nSPS) is 28.2. The van der Waals surface area contributed by atoms with E-state index in [0.717, 1.165) is 13.0 Å². The molecule has 2 aliphatic rings. The number of carbonyl (C=O) groups excluding carboxylic acids is 1. The molecule has 0 radical (unpaired) electrons. The molecule has 0 aromatic rings.